The van der Waals surface area contributed by atoms with Crippen molar-refractivity contribution in [3.8, 4) is 0 Å². The van der Waals surface area contributed by atoms with Crippen LogP contribution >= 0.6 is 0 Å². The van der Waals surface area contributed by atoms with Crippen LogP contribution in [0.25, 0.3) is 0 Å². The fourth-order valence-electron chi connectivity index (χ4n) is 1.71. The molecule has 2 rings (SSSR count). The van der Waals surface area contributed by atoms with Crippen LogP contribution in [0, 0.1) is 5.82 Å². The van der Waals surface area contributed by atoms with Gasteiger partial charge < -0.3 is 10.1 Å². The van der Waals surface area contributed by atoms with E-state index in [0.717, 1.165) is 0 Å². The van der Waals surface area contributed by atoms with Gasteiger partial charge in [-0.3, -0.25) is 0 Å². The number of benzene rings is 1. The molecule has 0 saturated carbocycles. The molecule has 0 radical (unpaired) electrons. The fraction of sp³-hybridized carbons (Fsp3) is 0.250. The summed E-state index contributed by atoms with van der Waals surface area (Å²) < 4.78 is 18.5. The summed E-state index contributed by atoms with van der Waals surface area (Å²) in [5.41, 5.74) is 0.221. The van der Waals surface area contributed by atoms with Gasteiger partial charge in [0.2, 0.25) is 0 Å². The molecular formula is C16H17FN2O2. The molecule has 1 aromatic carbocycles. The van der Waals surface area contributed by atoms with E-state index < -0.39 is 11.6 Å². The summed E-state index contributed by atoms with van der Waals surface area (Å²) in [6, 6.07) is 9.20. The molecule has 0 aliphatic heterocycles. The summed E-state index contributed by atoms with van der Waals surface area (Å²) in [6.45, 7) is 5.38. The lowest BCUT2D eigenvalue weighted by Crippen LogP contribution is -2.24. The Bertz CT molecular complexity index is 651. The zero-order valence-corrected chi connectivity index (χ0v) is 12.2. The number of hydrogen-bond donors (Lipinski definition) is 1. The second kappa shape index (κ2) is 5.91. The van der Waals surface area contributed by atoms with Gasteiger partial charge in [0.15, 0.2) is 0 Å². The minimum absolute atomic E-state index is 0.302. The quantitative estimate of drug-likeness (QED) is 0.870. The normalized spacial score (nSPS) is 11.0. The van der Waals surface area contributed by atoms with Gasteiger partial charge in [0, 0.05) is 11.9 Å². The number of anilines is 2. The van der Waals surface area contributed by atoms with Crippen LogP contribution in [-0.2, 0) is 4.74 Å². The lowest BCUT2D eigenvalue weighted by Gasteiger charge is -2.20. The van der Waals surface area contributed by atoms with E-state index in [-0.39, 0.29) is 5.82 Å². The summed E-state index contributed by atoms with van der Waals surface area (Å²) in [4.78, 5) is 16.3. The van der Waals surface area contributed by atoms with Crippen molar-refractivity contribution < 1.29 is 13.9 Å². The molecule has 1 aromatic heterocycles. The van der Waals surface area contributed by atoms with Crippen molar-refractivity contribution in [3.63, 3.8) is 0 Å². The second-order valence-corrected chi connectivity index (χ2v) is 5.54. The van der Waals surface area contributed by atoms with Crippen molar-refractivity contribution in [3.05, 3.63) is 54.0 Å². The number of rotatable bonds is 3. The van der Waals surface area contributed by atoms with Crippen LogP contribution in [0.3, 0.4) is 0 Å². The van der Waals surface area contributed by atoms with E-state index in [0.29, 0.717) is 17.1 Å². The van der Waals surface area contributed by atoms with Crippen molar-refractivity contribution in [2.75, 3.05) is 5.32 Å². The van der Waals surface area contributed by atoms with Gasteiger partial charge in [-0.15, -0.1) is 0 Å². The summed E-state index contributed by atoms with van der Waals surface area (Å²) in [6.07, 6.45) is 1.55. The Balaban J connectivity index is 2.27. The molecule has 1 N–H and O–H groups in total. The molecule has 0 aliphatic rings. The van der Waals surface area contributed by atoms with Crippen molar-refractivity contribution >= 4 is 17.5 Å². The van der Waals surface area contributed by atoms with Gasteiger partial charge in [-0.2, -0.15) is 0 Å². The van der Waals surface area contributed by atoms with E-state index in [4.69, 9.17) is 4.74 Å². The number of pyridine rings is 1. The third kappa shape index (κ3) is 4.27. The Labute approximate surface area is 123 Å². The van der Waals surface area contributed by atoms with Crippen molar-refractivity contribution in [1.29, 1.82) is 0 Å². The smallest absolute Gasteiger partial charge is 0.342 e. The number of halogens is 1. The van der Waals surface area contributed by atoms with Gasteiger partial charge in [-0.25, -0.2) is 14.2 Å². The summed E-state index contributed by atoms with van der Waals surface area (Å²) >= 11 is 0. The highest BCUT2D eigenvalue weighted by atomic mass is 19.1. The van der Waals surface area contributed by atoms with Gasteiger partial charge in [0.05, 0.1) is 0 Å². The Morgan fingerprint density at radius 1 is 1.24 bits per heavy atom. The number of carbonyl (C=O) groups excluding carboxylic acids is 1. The molecular weight excluding hydrogens is 271 g/mol. The number of carbonyl (C=O) groups is 1. The van der Waals surface area contributed by atoms with Crippen LogP contribution in [0.4, 0.5) is 15.9 Å². The van der Waals surface area contributed by atoms with Crippen LogP contribution in [0.15, 0.2) is 42.6 Å². The first-order valence-corrected chi connectivity index (χ1v) is 6.56. The molecule has 110 valence electrons. The SMILES string of the molecule is CC(C)(C)OC(=O)c1cccnc1Nc1cccc(F)c1. The molecule has 0 saturated heterocycles. The average Bonchev–Trinajstić information content (AvgIpc) is 2.37. The monoisotopic (exact) mass is 288 g/mol. The second-order valence-electron chi connectivity index (χ2n) is 5.54. The lowest BCUT2D eigenvalue weighted by molar-refractivity contribution is 0.00704. The average molecular weight is 288 g/mol. The van der Waals surface area contributed by atoms with Gasteiger partial charge in [-0.1, -0.05) is 6.07 Å². The zero-order chi connectivity index (χ0) is 15.5. The van der Waals surface area contributed by atoms with Gasteiger partial charge in [0.1, 0.15) is 22.8 Å². The zero-order valence-electron chi connectivity index (χ0n) is 12.2. The number of aromatic nitrogens is 1. The van der Waals surface area contributed by atoms with Gasteiger partial charge in [0.25, 0.3) is 0 Å². The van der Waals surface area contributed by atoms with E-state index in [1.54, 1.807) is 51.2 Å². The number of esters is 1. The van der Waals surface area contributed by atoms with Gasteiger partial charge >= 0.3 is 5.97 Å². The van der Waals surface area contributed by atoms with Crippen LogP contribution < -0.4 is 5.32 Å². The maximum Gasteiger partial charge on any atom is 0.342 e. The number of nitrogens with one attached hydrogen (secondary N) is 1. The van der Waals surface area contributed by atoms with Gasteiger partial charge in [-0.05, 0) is 51.1 Å². The minimum Gasteiger partial charge on any atom is -0.456 e. The predicted molar refractivity (Wildman–Crippen MR) is 79.1 cm³/mol. The van der Waals surface area contributed by atoms with Crippen molar-refractivity contribution in [2.45, 2.75) is 26.4 Å². The highest BCUT2D eigenvalue weighted by Crippen LogP contribution is 2.21. The Hall–Kier alpha value is -2.43. The highest BCUT2D eigenvalue weighted by Gasteiger charge is 2.20. The van der Waals surface area contributed by atoms with Crippen LogP contribution in [-0.4, -0.2) is 16.6 Å². The Kier molecular flexibility index (Phi) is 4.21. The highest BCUT2D eigenvalue weighted by molar-refractivity contribution is 5.95. The fourth-order valence-corrected chi connectivity index (χ4v) is 1.71. The first kappa shape index (κ1) is 15.0. The number of nitrogens with zero attached hydrogens (tertiary/aromatic N) is 1. The van der Waals surface area contributed by atoms with Crippen molar-refractivity contribution in [1.82, 2.24) is 4.98 Å². The molecule has 1 heterocycles. The molecule has 0 spiro atoms. The molecule has 0 aliphatic carbocycles. The molecule has 0 amide bonds. The number of ether oxygens (including phenoxy) is 1. The van der Waals surface area contributed by atoms with E-state index in [2.05, 4.69) is 10.3 Å². The largest absolute Gasteiger partial charge is 0.456 e. The van der Waals surface area contributed by atoms with E-state index in [1.165, 1.54) is 12.1 Å². The predicted octanol–water partition coefficient (Wildman–Crippen LogP) is 3.92. The summed E-state index contributed by atoms with van der Waals surface area (Å²) in [5.74, 6) is -0.512. The molecule has 0 unspecified atom stereocenters. The molecule has 0 atom stereocenters. The summed E-state index contributed by atoms with van der Waals surface area (Å²) in [7, 11) is 0. The third-order valence-electron chi connectivity index (χ3n) is 2.51. The maximum atomic E-state index is 13.2. The first-order chi connectivity index (χ1) is 9.85. The Morgan fingerprint density at radius 3 is 2.67 bits per heavy atom. The van der Waals surface area contributed by atoms with Crippen LogP contribution in [0.2, 0.25) is 0 Å². The summed E-state index contributed by atoms with van der Waals surface area (Å²) in [5, 5.41) is 2.93. The van der Waals surface area contributed by atoms with E-state index in [1.807, 2.05) is 0 Å². The minimum atomic E-state index is -0.594. The van der Waals surface area contributed by atoms with Crippen molar-refractivity contribution in [2.24, 2.45) is 0 Å². The molecule has 5 heteroatoms. The number of hydrogen-bond acceptors (Lipinski definition) is 4. The first-order valence-electron chi connectivity index (χ1n) is 6.56. The molecule has 2 aromatic rings. The van der Waals surface area contributed by atoms with Crippen LogP contribution in [0.5, 0.6) is 0 Å². The molecule has 4 nitrogen and oxygen atoms in total. The molecule has 0 bridgehead atoms. The Morgan fingerprint density at radius 2 is 2.00 bits per heavy atom. The van der Waals surface area contributed by atoms with E-state index >= 15 is 0 Å². The maximum absolute atomic E-state index is 13.2. The lowest BCUT2D eigenvalue weighted by atomic mass is 10.2. The van der Waals surface area contributed by atoms with E-state index in [9.17, 15) is 9.18 Å². The standard InChI is InChI=1S/C16H17FN2O2/c1-16(2,3)21-15(20)13-8-5-9-18-14(13)19-12-7-4-6-11(17)10-12/h4-10H,1-3H3,(H,18,19). The molecule has 21 heavy (non-hydrogen) atoms. The third-order valence-corrected chi connectivity index (χ3v) is 2.51. The van der Waals surface area contributed by atoms with Crippen LogP contribution in [0.1, 0.15) is 31.1 Å². The molecule has 0 fully saturated rings. The topological polar surface area (TPSA) is 51.2 Å².